The zero-order chi connectivity index (χ0) is 10.7. The fourth-order valence-electron chi connectivity index (χ4n) is 2.11. The maximum Gasteiger partial charge on any atom is 0.129 e. The monoisotopic (exact) mass is 206 g/mol. The number of nitrogens with zero attached hydrogens (tertiary/aromatic N) is 2. The van der Waals surface area contributed by atoms with Gasteiger partial charge in [0.2, 0.25) is 0 Å². The van der Waals surface area contributed by atoms with Crippen molar-refractivity contribution in [3.05, 3.63) is 18.1 Å². The molecule has 2 unspecified atom stereocenters. The molecule has 4 nitrogen and oxygen atoms in total. The number of nitrogens with one attached hydrogen (secondary N) is 1. The van der Waals surface area contributed by atoms with Crippen LogP contribution in [0.4, 0.5) is 5.82 Å². The van der Waals surface area contributed by atoms with Crippen LogP contribution in [0, 0.1) is 12.8 Å². The van der Waals surface area contributed by atoms with E-state index in [0.717, 1.165) is 24.6 Å². The normalized spacial score (nSPS) is 25.5. The van der Waals surface area contributed by atoms with Gasteiger partial charge in [0.05, 0.1) is 0 Å². The van der Waals surface area contributed by atoms with Crippen molar-refractivity contribution in [3.8, 4) is 0 Å². The highest BCUT2D eigenvalue weighted by Crippen LogP contribution is 2.23. The van der Waals surface area contributed by atoms with Crippen molar-refractivity contribution >= 4 is 5.82 Å². The van der Waals surface area contributed by atoms with E-state index >= 15 is 0 Å². The Morgan fingerprint density at radius 3 is 3.07 bits per heavy atom. The van der Waals surface area contributed by atoms with Gasteiger partial charge in [0, 0.05) is 18.8 Å². The molecule has 2 atom stereocenters. The van der Waals surface area contributed by atoms with Crippen LogP contribution in [0.2, 0.25) is 0 Å². The third kappa shape index (κ3) is 2.65. The van der Waals surface area contributed by atoms with Crippen molar-refractivity contribution in [2.75, 3.05) is 11.9 Å². The van der Waals surface area contributed by atoms with Crippen LogP contribution < -0.4 is 11.1 Å². The molecule has 0 amide bonds. The molecule has 1 heterocycles. The minimum atomic E-state index is 0.362. The molecule has 0 spiro atoms. The third-order valence-electron chi connectivity index (χ3n) is 3.04. The summed E-state index contributed by atoms with van der Waals surface area (Å²) < 4.78 is 0. The Kier molecular flexibility index (Phi) is 3.16. The highest BCUT2D eigenvalue weighted by molar-refractivity contribution is 5.32. The topological polar surface area (TPSA) is 63.8 Å². The SMILES string of the molecule is Cc1nccc(NCC2CCCC2N)n1. The molecule has 4 heteroatoms. The Morgan fingerprint density at radius 1 is 1.53 bits per heavy atom. The molecule has 1 aliphatic rings. The second-order valence-corrected chi connectivity index (χ2v) is 4.22. The standard InChI is InChI=1S/C11H18N4/c1-8-13-6-5-11(15-8)14-7-9-3-2-4-10(9)12/h5-6,9-10H,2-4,7,12H2,1H3,(H,13,14,15). The fourth-order valence-corrected chi connectivity index (χ4v) is 2.11. The lowest BCUT2D eigenvalue weighted by molar-refractivity contribution is 0.504. The Hall–Kier alpha value is -1.16. The number of rotatable bonds is 3. The quantitative estimate of drug-likeness (QED) is 0.783. The molecule has 1 saturated carbocycles. The molecule has 1 aromatic heterocycles. The first-order valence-corrected chi connectivity index (χ1v) is 5.55. The molecule has 0 bridgehead atoms. The van der Waals surface area contributed by atoms with Gasteiger partial charge in [-0.2, -0.15) is 0 Å². The minimum absolute atomic E-state index is 0.362. The van der Waals surface area contributed by atoms with Crippen LogP contribution >= 0.6 is 0 Å². The van der Waals surface area contributed by atoms with Gasteiger partial charge >= 0.3 is 0 Å². The maximum atomic E-state index is 6.00. The number of hydrogen-bond acceptors (Lipinski definition) is 4. The van der Waals surface area contributed by atoms with E-state index in [1.165, 1.54) is 12.8 Å². The number of nitrogens with two attached hydrogens (primary N) is 1. The van der Waals surface area contributed by atoms with Gasteiger partial charge in [-0.25, -0.2) is 9.97 Å². The minimum Gasteiger partial charge on any atom is -0.370 e. The molecule has 1 fully saturated rings. The van der Waals surface area contributed by atoms with Crippen molar-refractivity contribution < 1.29 is 0 Å². The molecule has 15 heavy (non-hydrogen) atoms. The second-order valence-electron chi connectivity index (χ2n) is 4.22. The largest absolute Gasteiger partial charge is 0.370 e. The summed E-state index contributed by atoms with van der Waals surface area (Å²) in [5.41, 5.74) is 6.00. The third-order valence-corrected chi connectivity index (χ3v) is 3.04. The van der Waals surface area contributed by atoms with E-state index in [4.69, 9.17) is 5.73 Å². The molecular weight excluding hydrogens is 188 g/mol. The summed E-state index contributed by atoms with van der Waals surface area (Å²) in [6, 6.07) is 2.26. The molecule has 0 aromatic carbocycles. The van der Waals surface area contributed by atoms with Crippen LogP contribution in [0.15, 0.2) is 12.3 Å². The molecule has 0 aliphatic heterocycles. The van der Waals surface area contributed by atoms with E-state index in [0.29, 0.717) is 12.0 Å². The van der Waals surface area contributed by atoms with Crippen molar-refractivity contribution in [1.29, 1.82) is 0 Å². The summed E-state index contributed by atoms with van der Waals surface area (Å²) in [4.78, 5) is 8.35. The maximum absolute atomic E-state index is 6.00. The Morgan fingerprint density at radius 2 is 2.40 bits per heavy atom. The molecule has 0 saturated heterocycles. The molecule has 1 aromatic rings. The molecule has 0 radical (unpaired) electrons. The Balaban J connectivity index is 1.87. The number of anilines is 1. The van der Waals surface area contributed by atoms with Crippen LogP contribution in [0.3, 0.4) is 0 Å². The first-order valence-electron chi connectivity index (χ1n) is 5.55. The molecule has 1 aliphatic carbocycles. The van der Waals surface area contributed by atoms with Gasteiger partial charge in [-0.3, -0.25) is 0 Å². The molecular formula is C11H18N4. The van der Waals surface area contributed by atoms with Crippen LogP contribution in [0.25, 0.3) is 0 Å². The summed E-state index contributed by atoms with van der Waals surface area (Å²) in [6.45, 7) is 2.82. The van der Waals surface area contributed by atoms with Gasteiger partial charge in [-0.1, -0.05) is 6.42 Å². The number of hydrogen-bond donors (Lipinski definition) is 2. The van der Waals surface area contributed by atoms with E-state index in [9.17, 15) is 0 Å². The summed E-state index contributed by atoms with van der Waals surface area (Å²) in [5, 5.41) is 3.33. The van der Waals surface area contributed by atoms with E-state index in [-0.39, 0.29) is 0 Å². The predicted octanol–water partition coefficient (Wildman–Crippen LogP) is 1.32. The lowest BCUT2D eigenvalue weighted by Crippen LogP contribution is -2.29. The van der Waals surface area contributed by atoms with Crippen LogP contribution in [-0.2, 0) is 0 Å². The second kappa shape index (κ2) is 4.57. The fraction of sp³-hybridized carbons (Fsp3) is 0.636. The zero-order valence-corrected chi connectivity index (χ0v) is 9.11. The van der Waals surface area contributed by atoms with Crippen molar-refractivity contribution in [1.82, 2.24) is 9.97 Å². The molecule has 82 valence electrons. The van der Waals surface area contributed by atoms with Crippen molar-refractivity contribution in [2.45, 2.75) is 32.2 Å². The first-order chi connectivity index (χ1) is 7.25. The summed E-state index contributed by atoms with van der Waals surface area (Å²) in [6.07, 6.45) is 5.43. The first kappa shape index (κ1) is 10.4. The number of aryl methyl sites for hydroxylation is 1. The lowest BCUT2D eigenvalue weighted by atomic mass is 10.1. The average Bonchev–Trinajstić information content (AvgIpc) is 2.61. The van der Waals surface area contributed by atoms with E-state index in [1.807, 2.05) is 13.0 Å². The van der Waals surface area contributed by atoms with Gasteiger partial charge in [0.25, 0.3) is 0 Å². The van der Waals surface area contributed by atoms with E-state index in [1.54, 1.807) is 6.20 Å². The van der Waals surface area contributed by atoms with Gasteiger partial charge < -0.3 is 11.1 Å². The Bertz CT molecular complexity index is 326. The Labute approximate surface area is 90.3 Å². The summed E-state index contributed by atoms with van der Waals surface area (Å²) in [5.74, 6) is 2.30. The molecule has 2 rings (SSSR count). The van der Waals surface area contributed by atoms with Crippen molar-refractivity contribution in [3.63, 3.8) is 0 Å². The number of aromatic nitrogens is 2. The molecule has 3 N–H and O–H groups in total. The summed E-state index contributed by atoms with van der Waals surface area (Å²) in [7, 11) is 0. The van der Waals surface area contributed by atoms with E-state index in [2.05, 4.69) is 15.3 Å². The highest BCUT2D eigenvalue weighted by Gasteiger charge is 2.23. The van der Waals surface area contributed by atoms with E-state index < -0.39 is 0 Å². The smallest absolute Gasteiger partial charge is 0.129 e. The lowest BCUT2D eigenvalue weighted by Gasteiger charge is -2.16. The van der Waals surface area contributed by atoms with Crippen LogP contribution in [0.5, 0.6) is 0 Å². The zero-order valence-electron chi connectivity index (χ0n) is 9.11. The highest BCUT2D eigenvalue weighted by atomic mass is 15.0. The van der Waals surface area contributed by atoms with Crippen LogP contribution in [-0.4, -0.2) is 22.6 Å². The van der Waals surface area contributed by atoms with Gasteiger partial charge in [-0.05, 0) is 31.7 Å². The van der Waals surface area contributed by atoms with Gasteiger partial charge in [0.15, 0.2) is 0 Å². The predicted molar refractivity (Wildman–Crippen MR) is 60.6 cm³/mol. The van der Waals surface area contributed by atoms with Gasteiger partial charge in [0.1, 0.15) is 11.6 Å². The average molecular weight is 206 g/mol. The van der Waals surface area contributed by atoms with Gasteiger partial charge in [-0.15, -0.1) is 0 Å². The van der Waals surface area contributed by atoms with Crippen LogP contribution in [0.1, 0.15) is 25.1 Å². The van der Waals surface area contributed by atoms with Crippen molar-refractivity contribution in [2.24, 2.45) is 11.7 Å². The summed E-state index contributed by atoms with van der Waals surface area (Å²) >= 11 is 0.